The molecule has 0 aliphatic carbocycles. The molecule has 1 aliphatic rings. The zero-order chi connectivity index (χ0) is 20.3. The van der Waals surface area contributed by atoms with Gasteiger partial charge < -0.3 is 14.8 Å². The van der Waals surface area contributed by atoms with Crippen LogP contribution in [0.3, 0.4) is 0 Å². The van der Waals surface area contributed by atoms with Crippen LogP contribution < -0.4 is 10.2 Å². The summed E-state index contributed by atoms with van der Waals surface area (Å²) in [7, 11) is 1.65. The molecule has 2 aromatic rings. The normalized spacial score (nSPS) is 19.5. The van der Waals surface area contributed by atoms with E-state index < -0.39 is 11.8 Å². The summed E-state index contributed by atoms with van der Waals surface area (Å²) in [5, 5.41) is 13.6. The molecule has 0 saturated carbocycles. The fraction of sp³-hybridized carbons (Fsp3) is 0.316. The van der Waals surface area contributed by atoms with Crippen LogP contribution in [-0.2, 0) is 4.79 Å². The number of carboxylic acid groups (broad SMARTS) is 1. The molecule has 1 aliphatic heterocycles. The summed E-state index contributed by atoms with van der Waals surface area (Å²) >= 11 is 12.2. The van der Waals surface area contributed by atoms with Gasteiger partial charge in [0.2, 0.25) is 0 Å². The predicted octanol–water partition coefficient (Wildman–Crippen LogP) is 3.36. The summed E-state index contributed by atoms with van der Waals surface area (Å²) in [6.45, 7) is 1.04. The van der Waals surface area contributed by atoms with Gasteiger partial charge in [-0.15, -0.1) is 0 Å². The van der Waals surface area contributed by atoms with Crippen molar-refractivity contribution in [2.45, 2.75) is 12.1 Å². The van der Waals surface area contributed by atoms with E-state index in [-0.39, 0.29) is 13.0 Å². The molecule has 1 unspecified atom stereocenters. The number of nitrogens with zero attached hydrogens (tertiary/aromatic N) is 3. The molecule has 1 aromatic heterocycles. The summed E-state index contributed by atoms with van der Waals surface area (Å²) < 4.78 is 0. The van der Waals surface area contributed by atoms with Gasteiger partial charge in [-0.1, -0.05) is 29.3 Å². The molecule has 0 radical (unpaired) electrons. The van der Waals surface area contributed by atoms with Crippen LogP contribution in [0.25, 0.3) is 11.1 Å². The summed E-state index contributed by atoms with van der Waals surface area (Å²) in [4.78, 5) is 30.6. The number of pyridine rings is 1. The van der Waals surface area contributed by atoms with E-state index in [1.54, 1.807) is 25.4 Å². The van der Waals surface area contributed by atoms with Crippen molar-refractivity contribution in [1.29, 1.82) is 0 Å². The molecule has 148 valence electrons. The highest BCUT2D eigenvalue weighted by Crippen LogP contribution is 2.31. The smallest absolute Gasteiger partial charge is 0.408 e. The molecule has 0 spiro atoms. The molecule has 3 rings (SSSR count). The number of likely N-dealkylation sites (N-methyl/N-ethyl adjacent to an activating group) is 1. The van der Waals surface area contributed by atoms with Crippen LogP contribution >= 0.6 is 23.2 Å². The average Bonchev–Trinajstić information content (AvgIpc) is 2.68. The molecular formula is C19H20Cl2N4O3. The second kappa shape index (κ2) is 8.34. The van der Waals surface area contributed by atoms with E-state index in [9.17, 15) is 14.7 Å². The molecule has 1 aromatic carbocycles. The van der Waals surface area contributed by atoms with E-state index in [1.807, 2.05) is 23.1 Å². The van der Waals surface area contributed by atoms with E-state index in [4.69, 9.17) is 23.2 Å². The summed E-state index contributed by atoms with van der Waals surface area (Å²) in [5.41, 5.74) is 0.680. The number of rotatable bonds is 5. The van der Waals surface area contributed by atoms with Crippen LogP contribution in [-0.4, -0.2) is 59.7 Å². The van der Waals surface area contributed by atoms with Gasteiger partial charge >= 0.3 is 6.09 Å². The van der Waals surface area contributed by atoms with Gasteiger partial charge in [0, 0.05) is 46.9 Å². The third-order valence-corrected chi connectivity index (χ3v) is 5.54. The van der Waals surface area contributed by atoms with Crippen LogP contribution in [0.4, 0.5) is 10.6 Å². The Labute approximate surface area is 172 Å². The zero-order valence-corrected chi connectivity index (χ0v) is 16.7. The number of piperazine rings is 1. The van der Waals surface area contributed by atoms with Gasteiger partial charge in [-0.25, -0.2) is 9.78 Å². The molecule has 9 heteroatoms. The quantitative estimate of drug-likeness (QED) is 0.718. The number of aldehydes is 1. The molecule has 1 amide bonds. The number of halogens is 2. The van der Waals surface area contributed by atoms with Gasteiger partial charge in [-0.2, -0.15) is 0 Å². The first-order chi connectivity index (χ1) is 13.4. The summed E-state index contributed by atoms with van der Waals surface area (Å²) in [6, 6.07) is 9.05. The number of aromatic nitrogens is 1. The Morgan fingerprint density at radius 3 is 2.68 bits per heavy atom. The van der Waals surface area contributed by atoms with Gasteiger partial charge in [0.15, 0.2) is 0 Å². The fourth-order valence-corrected chi connectivity index (χ4v) is 3.99. The lowest BCUT2D eigenvalue weighted by Gasteiger charge is -2.49. The zero-order valence-electron chi connectivity index (χ0n) is 15.2. The second-order valence-electron chi connectivity index (χ2n) is 6.54. The van der Waals surface area contributed by atoms with E-state index in [0.29, 0.717) is 29.0 Å². The van der Waals surface area contributed by atoms with Gasteiger partial charge in [0.1, 0.15) is 17.8 Å². The Balaban J connectivity index is 1.85. The summed E-state index contributed by atoms with van der Waals surface area (Å²) in [6.07, 6.45) is 1.44. The predicted molar refractivity (Wildman–Crippen MR) is 109 cm³/mol. The topological polar surface area (TPSA) is 85.8 Å². The van der Waals surface area contributed by atoms with Crippen molar-refractivity contribution in [2.75, 3.05) is 31.6 Å². The van der Waals surface area contributed by atoms with Crippen LogP contribution in [0.2, 0.25) is 10.0 Å². The highest BCUT2D eigenvalue weighted by atomic mass is 35.5. The van der Waals surface area contributed by atoms with E-state index in [2.05, 4.69) is 10.3 Å². The van der Waals surface area contributed by atoms with Crippen molar-refractivity contribution in [1.82, 2.24) is 15.2 Å². The monoisotopic (exact) mass is 422 g/mol. The third-order valence-electron chi connectivity index (χ3n) is 4.99. The van der Waals surface area contributed by atoms with Crippen molar-refractivity contribution >= 4 is 41.4 Å². The first-order valence-corrected chi connectivity index (χ1v) is 9.45. The Morgan fingerprint density at radius 2 is 2.11 bits per heavy atom. The number of amides is 1. The van der Waals surface area contributed by atoms with Crippen molar-refractivity contribution in [3.63, 3.8) is 0 Å². The molecule has 28 heavy (non-hydrogen) atoms. The van der Waals surface area contributed by atoms with Crippen molar-refractivity contribution in [3.8, 4) is 11.1 Å². The maximum atomic E-state index is 11.6. The first kappa shape index (κ1) is 20.4. The number of carbonyl (C=O) groups excluding carboxylic acids is 1. The number of anilines is 1. The molecule has 1 atom stereocenters. The Bertz CT molecular complexity index is 878. The minimum Gasteiger partial charge on any atom is -0.465 e. The highest BCUT2D eigenvalue weighted by molar-refractivity contribution is 6.36. The lowest BCUT2D eigenvalue weighted by molar-refractivity contribution is -0.110. The second-order valence-corrected chi connectivity index (χ2v) is 7.38. The standard InChI is InChI=1S/C19H20Cl2N4O3/c1-22-19(6-9-26)12-24(7-8-25(19)18(27)28)17-5-2-13(11-23-17)15-4-3-14(20)10-16(15)21/h2-5,9-11,22H,6-8,12H2,1H3,(H,27,28). The Morgan fingerprint density at radius 1 is 1.32 bits per heavy atom. The van der Waals surface area contributed by atoms with E-state index in [0.717, 1.165) is 17.4 Å². The molecule has 1 fully saturated rings. The average molecular weight is 423 g/mol. The lowest BCUT2D eigenvalue weighted by atomic mass is 10.0. The van der Waals surface area contributed by atoms with E-state index >= 15 is 0 Å². The van der Waals surface area contributed by atoms with Gasteiger partial charge in [-0.05, 0) is 31.3 Å². The number of nitrogens with one attached hydrogen (secondary N) is 1. The van der Waals surface area contributed by atoms with Crippen LogP contribution in [0.15, 0.2) is 36.5 Å². The van der Waals surface area contributed by atoms with Crippen LogP contribution in [0, 0.1) is 0 Å². The molecule has 2 heterocycles. The minimum absolute atomic E-state index is 0.0464. The third kappa shape index (κ3) is 3.92. The molecule has 0 bridgehead atoms. The summed E-state index contributed by atoms with van der Waals surface area (Å²) in [5.74, 6) is 0.699. The number of carbonyl (C=O) groups is 2. The molecular weight excluding hydrogens is 403 g/mol. The maximum absolute atomic E-state index is 11.6. The fourth-order valence-electron chi connectivity index (χ4n) is 3.47. The van der Waals surface area contributed by atoms with E-state index in [1.165, 1.54) is 4.90 Å². The van der Waals surface area contributed by atoms with Crippen LogP contribution in [0.1, 0.15) is 6.42 Å². The van der Waals surface area contributed by atoms with Crippen molar-refractivity contribution < 1.29 is 14.7 Å². The van der Waals surface area contributed by atoms with Crippen molar-refractivity contribution in [2.24, 2.45) is 0 Å². The first-order valence-electron chi connectivity index (χ1n) is 8.70. The molecule has 7 nitrogen and oxygen atoms in total. The maximum Gasteiger partial charge on any atom is 0.408 e. The lowest BCUT2D eigenvalue weighted by Crippen LogP contribution is -2.70. The minimum atomic E-state index is -1.06. The largest absolute Gasteiger partial charge is 0.465 e. The Kier molecular flexibility index (Phi) is 6.07. The van der Waals surface area contributed by atoms with Crippen molar-refractivity contribution in [3.05, 3.63) is 46.6 Å². The highest BCUT2D eigenvalue weighted by Gasteiger charge is 2.43. The number of benzene rings is 1. The molecule has 2 N–H and O–H groups in total. The van der Waals surface area contributed by atoms with Gasteiger partial charge in [0.25, 0.3) is 0 Å². The SMILES string of the molecule is CNC1(CC=O)CN(c2ccc(-c3ccc(Cl)cc3Cl)cn2)CCN1C(=O)O. The molecule has 1 saturated heterocycles. The van der Waals surface area contributed by atoms with Gasteiger partial charge in [-0.3, -0.25) is 10.2 Å². The number of hydrogen-bond acceptors (Lipinski definition) is 5. The van der Waals surface area contributed by atoms with Crippen LogP contribution in [0.5, 0.6) is 0 Å². The number of hydrogen-bond donors (Lipinski definition) is 2. The van der Waals surface area contributed by atoms with Gasteiger partial charge in [0.05, 0.1) is 6.54 Å². The Hall–Kier alpha value is -2.35.